The third-order valence-corrected chi connectivity index (χ3v) is 2.93. The topological polar surface area (TPSA) is 100 Å². The minimum absolute atomic E-state index is 0.217. The summed E-state index contributed by atoms with van der Waals surface area (Å²) in [6, 6.07) is 6.27. The van der Waals surface area contributed by atoms with Crippen LogP contribution in [0.15, 0.2) is 29.4 Å². The van der Waals surface area contributed by atoms with E-state index in [2.05, 4.69) is 28.5 Å². The molecule has 2 aliphatic heterocycles. The van der Waals surface area contributed by atoms with Crippen molar-refractivity contribution in [3.63, 3.8) is 0 Å². The molecule has 0 bridgehead atoms. The van der Waals surface area contributed by atoms with Crippen molar-refractivity contribution in [3.8, 4) is 0 Å². The molecule has 20 heavy (non-hydrogen) atoms. The Labute approximate surface area is 118 Å². The maximum absolute atomic E-state index is 12.0. The number of hydrazone groups is 1. The molecular formula is C11H8N4O4S. The van der Waals surface area contributed by atoms with Gasteiger partial charge >= 0.3 is 11.8 Å². The highest BCUT2D eigenvalue weighted by molar-refractivity contribution is 7.80. The molecule has 8 nitrogen and oxygen atoms in total. The summed E-state index contributed by atoms with van der Waals surface area (Å²) in [5, 5.41) is 6.46. The van der Waals surface area contributed by atoms with Crippen LogP contribution in [0.25, 0.3) is 0 Å². The number of carbonyl (C=O) groups excluding carboxylic acids is 3. The molecule has 1 unspecified atom stereocenters. The van der Waals surface area contributed by atoms with Gasteiger partial charge < -0.3 is 10.2 Å². The van der Waals surface area contributed by atoms with Crippen molar-refractivity contribution >= 4 is 36.2 Å². The van der Waals surface area contributed by atoms with E-state index in [1.807, 2.05) is 0 Å². The van der Waals surface area contributed by atoms with E-state index < -0.39 is 29.1 Å². The monoisotopic (exact) mass is 292 g/mol. The SMILES string of the molecule is O=C1NC(S)NN=C1ON1C(=O)c2ccccc2C1=O. The molecule has 0 radical (unpaired) electrons. The van der Waals surface area contributed by atoms with Crippen LogP contribution in [0.4, 0.5) is 0 Å². The Hall–Kier alpha value is -2.55. The highest BCUT2D eigenvalue weighted by Gasteiger charge is 2.39. The minimum Gasteiger partial charge on any atom is -0.340 e. The van der Waals surface area contributed by atoms with Gasteiger partial charge in [0.15, 0.2) is 5.50 Å². The van der Waals surface area contributed by atoms with Crippen molar-refractivity contribution in [2.45, 2.75) is 5.50 Å². The van der Waals surface area contributed by atoms with Crippen molar-refractivity contribution in [1.29, 1.82) is 0 Å². The molecule has 9 heteroatoms. The quantitative estimate of drug-likeness (QED) is 0.477. The number of imide groups is 1. The molecule has 0 aliphatic carbocycles. The van der Waals surface area contributed by atoms with Gasteiger partial charge in [0.2, 0.25) is 0 Å². The average Bonchev–Trinajstić information content (AvgIpc) is 2.67. The Morgan fingerprint density at radius 1 is 1.15 bits per heavy atom. The number of fused-ring (bicyclic) bond motifs is 1. The number of amides is 3. The van der Waals surface area contributed by atoms with E-state index in [0.717, 1.165) is 0 Å². The molecule has 3 amide bonds. The summed E-state index contributed by atoms with van der Waals surface area (Å²) in [7, 11) is 0. The number of hydrogen-bond acceptors (Lipinski definition) is 7. The number of rotatable bonds is 1. The zero-order valence-electron chi connectivity index (χ0n) is 9.86. The molecule has 3 rings (SSSR count). The maximum Gasteiger partial charge on any atom is 0.328 e. The number of nitrogens with zero attached hydrogens (tertiary/aromatic N) is 2. The molecule has 1 aromatic rings. The van der Waals surface area contributed by atoms with E-state index in [9.17, 15) is 14.4 Å². The van der Waals surface area contributed by atoms with Gasteiger partial charge in [0.25, 0.3) is 11.8 Å². The third-order valence-electron chi connectivity index (χ3n) is 2.68. The highest BCUT2D eigenvalue weighted by atomic mass is 32.1. The number of thiol groups is 1. The lowest BCUT2D eigenvalue weighted by Gasteiger charge is -2.21. The van der Waals surface area contributed by atoms with E-state index >= 15 is 0 Å². The van der Waals surface area contributed by atoms with Gasteiger partial charge in [-0.3, -0.25) is 19.8 Å². The average molecular weight is 292 g/mol. The summed E-state index contributed by atoms with van der Waals surface area (Å²) in [5.41, 5.74) is 2.21. The molecule has 2 aliphatic rings. The van der Waals surface area contributed by atoms with Crippen LogP contribution in [-0.4, -0.2) is 34.2 Å². The molecule has 1 aromatic carbocycles. The van der Waals surface area contributed by atoms with Gasteiger partial charge in [0, 0.05) is 0 Å². The summed E-state index contributed by atoms with van der Waals surface area (Å²) in [4.78, 5) is 40.6. The summed E-state index contributed by atoms with van der Waals surface area (Å²) >= 11 is 3.93. The Kier molecular flexibility index (Phi) is 2.83. The Morgan fingerprint density at radius 3 is 2.30 bits per heavy atom. The van der Waals surface area contributed by atoms with Gasteiger partial charge in [-0.05, 0) is 12.1 Å². The molecule has 0 spiro atoms. The van der Waals surface area contributed by atoms with Crippen LogP contribution in [0.1, 0.15) is 20.7 Å². The van der Waals surface area contributed by atoms with Crippen molar-refractivity contribution in [2.75, 3.05) is 0 Å². The molecule has 2 heterocycles. The predicted molar refractivity (Wildman–Crippen MR) is 69.5 cm³/mol. The number of hydroxylamine groups is 2. The van der Waals surface area contributed by atoms with Crippen LogP contribution in [0.5, 0.6) is 0 Å². The molecule has 2 N–H and O–H groups in total. The van der Waals surface area contributed by atoms with E-state index in [-0.39, 0.29) is 11.1 Å². The first-order valence-corrected chi connectivity index (χ1v) is 6.07. The fourth-order valence-electron chi connectivity index (χ4n) is 1.79. The van der Waals surface area contributed by atoms with Crippen LogP contribution in [0.3, 0.4) is 0 Å². The smallest absolute Gasteiger partial charge is 0.328 e. The van der Waals surface area contributed by atoms with Crippen LogP contribution >= 0.6 is 12.6 Å². The summed E-state index contributed by atoms with van der Waals surface area (Å²) in [6.07, 6.45) is 0. The first-order chi connectivity index (χ1) is 9.58. The first kappa shape index (κ1) is 12.5. The number of hydrogen-bond donors (Lipinski definition) is 3. The standard InChI is InChI=1S/C11H8N4O4S/c16-7-8(13-14-11(20)12-7)19-15-9(17)5-3-1-2-4-6(5)10(15)18/h1-4,11,14,20H,(H,12,16). The number of carbonyl (C=O) groups is 3. The fourth-order valence-corrected chi connectivity index (χ4v) is 1.96. The fraction of sp³-hybridized carbons (Fsp3) is 0.0909. The zero-order valence-corrected chi connectivity index (χ0v) is 10.8. The van der Waals surface area contributed by atoms with Crippen molar-refractivity contribution in [3.05, 3.63) is 35.4 Å². The lowest BCUT2D eigenvalue weighted by atomic mass is 10.1. The Bertz CT molecular complexity index is 625. The van der Waals surface area contributed by atoms with Gasteiger partial charge in [0.05, 0.1) is 11.1 Å². The van der Waals surface area contributed by atoms with E-state index in [4.69, 9.17) is 4.84 Å². The van der Waals surface area contributed by atoms with Crippen molar-refractivity contribution < 1.29 is 19.2 Å². The lowest BCUT2D eigenvalue weighted by molar-refractivity contribution is -0.119. The molecule has 102 valence electrons. The first-order valence-electron chi connectivity index (χ1n) is 5.56. The predicted octanol–water partition coefficient (Wildman–Crippen LogP) is -0.540. The summed E-state index contributed by atoms with van der Waals surface area (Å²) in [5.74, 6) is -2.41. The Balaban J connectivity index is 1.86. The normalized spacial score (nSPS) is 21.1. The number of nitrogens with one attached hydrogen (secondary N) is 2. The van der Waals surface area contributed by atoms with Crippen molar-refractivity contribution in [2.24, 2.45) is 5.10 Å². The second-order valence-corrected chi connectivity index (χ2v) is 4.48. The zero-order chi connectivity index (χ0) is 14.3. The minimum atomic E-state index is -0.680. The molecule has 0 saturated heterocycles. The van der Waals surface area contributed by atoms with Crippen molar-refractivity contribution in [1.82, 2.24) is 15.8 Å². The van der Waals surface area contributed by atoms with Crippen LogP contribution in [0.2, 0.25) is 0 Å². The lowest BCUT2D eigenvalue weighted by Crippen LogP contribution is -2.50. The van der Waals surface area contributed by atoms with Gasteiger partial charge in [0.1, 0.15) is 0 Å². The van der Waals surface area contributed by atoms with Gasteiger partial charge in [-0.15, -0.1) is 17.7 Å². The van der Waals surface area contributed by atoms with E-state index in [1.165, 1.54) is 12.1 Å². The summed E-state index contributed by atoms with van der Waals surface area (Å²) in [6.45, 7) is 0. The van der Waals surface area contributed by atoms with Crippen LogP contribution < -0.4 is 10.7 Å². The molecule has 0 aromatic heterocycles. The molecular weight excluding hydrogens is 284 g/mol. The van der Waals surface area contributed by atoms with Gasteiger partial charge in [-0.2, -0.15) is 0 Å². The third kappa shape index (κ3) is 1.88. The van der Waals surface area contributed by atoms with Crippen LogP contribution in [0, 0.1) is 0 Å². The molecule has 0 saturated carbocycles. The maximum atomic E-state index is 12.0. The largest absolute Gasteiger partial charge is 0.340 e. The Morgan fingerprint density at radius 2 is 1.75 bits per heavy atom. The second-order valence-electron chi connectivity index (χ2n) is 3.96. The van der Waals surface area contributed by atoms with E-state index in [0.29, 0.717) is 5.06 Å². The molecule has 1 atom stereocenters. The van der Waals surface area contributed by atoms with Gasteiger partial charge in [-0.25, -0.2) is 0 Å². The molecule has 0 fully saturated rings. The highest BCUT2D eigenvalue weighted by Crippen LogP contribution is 2.22. The second kappa shape index (κ2) is 4.53. The van der Waals surface area contributed by atoms with E-state index in [1.54, 1.807) is 12.1 Å². The van der Waals surface area contributed by atoms with Crippen LogP contribution in [-0.2, 0) is 9.63 Å². The number of benzene rings is 1. The summed E-state index contributed by atoms with van der Waals surface area (Å²) < 4.78 is 0. The van der Waals surface area contributed by atoms with Gasteiger partial charge in [-0.1, -0.05) is 17.2 Å².